The number of aromatic nitrogens is 3. The van der Waals surface area contributed by atoms with E-state index >= 15 is 0 Å². The first kappa shape index (κ1) is 39.1. The molecule has 4 aromatic rings. The van der Waals surface area contributed by atoms with Crippen molar-refractivity contribution in [2.75, 3.05) is 66.2 Å². The molecule has 1 unspecified atom stereocenters. The zero-order chi connectivity index (χ0) is 41.5. The second kappa shape index (κ2) is 16.0. The number of fused-ring (bicyclic) bond motifs is 2. The van der Waals surface area contributed by atoms with Gasteiger partial charge in [0.15, 0.2) is 0 Å². The largest absolute Gasteiger partial charge is 0.384 e. The molecular weight excluding hydrogens is 763 g/mol. The number of piperazine rings is 1. The zero-order valence-corrected chi connectivity index (χ0v) is 33.6. The number of hydrogen-bond donors (Lipinski definition) is 5. The third-order valence-corrected chi connectivity index (χ3v) is 12.6. The molecule has 0 radical (unpaired) electrons. The molecule has 16 heteroatoms. The summed E-state index contributed by atoms with van der Waals surface area (Å²) < 4.78 is 0. The smallest absolute Gasteiger partial charge is 0.256 e. The number of aryl methyl sites for hydroxylation is 1. The number of carbonyl (C=O) groups is 4. The summed E-state index contributed by atoms with van der Waals surface area (Å²) in [7, 11) is 0. The van der Waals surface area contributed by atoms with Gasteiger partial charge in [-0.25, -0.2) is 9.97 Å². The molecule has 9 rings (SSSR count). The van der Waals surface area contributed by atoms with E-state index in [0.29, 0.717) is 54.9 Å². The monoisotopic (exact) mass is 811 g/mol. The van der Waals surface area contributed by atoms with Gasteiger partial charge in [-0.2, -0.15) is 4.98 Å². The van der Waals surface area contributed by atoms with E-state index in [9.17, 15) is 24.3 Å². The van der Waals surface area contributed by atoms with Crippen LogP contribution in [-0.2, 0) is 28.2 Å². The lowest BCUT2D eigenvalue weighted by Gasteiger charge is -2.49. The van der Waals surface area contributed by atoms with Crippen molar-refractivity contribution in [3.05, 3.63) is 101 Å². The first-order valence-corrected chi connectivity index (χ1v) is 20.7. The fraction of sp³-hybridized carbons (Fsp3) is 0.386. The molecule has 3 saturated heterocycles. The van der Waals surface area contributed by atoms with Crippen LogP contribution >= 0.6 is 0 Å². The van der Waals surface area contributed by atoms with Crippen molar-refractivity contribution in [2.24, 2.45) is 0 Å². The van der Waals surface area contributed by atoms with E-state index in [1.165, 1.54) is 6.20 Å². The summed E-state index contributed by atoms with van der Waals surface area (Å²) in [6, 6.07) is 17.6. The van der Waals surface area contributed by atoms with Crippen LogP contribution < -0.4 is 31.1 Å². The number of hydrogen-bond acceptors (Lipinski definition) is 13. The first-order valence-electron chi connectivity index (χ1n) is 20.7. The van der Waals surface area contributed by atoms with E-state index in [0.717, 1.165) is 73.9 Å². The van der Waals surface area contributed by atoms with Gasteiger partial charge in [-0.3, -0.25) is 29.4 Å². The van der Waals surface area contributed by atoms with E-state index in [-0.39, 0.29) is 42.1 Å². The van der Waals surface area contributed by atoms with Gasteiger partial charge in [0.05, 0.1) is 5.69 Å². The van der Waals surface area contributed by atoms with Crippen LogP contribution in [0.25, 0.3) is 0 Å². The highest BCUT2D eigenvalue weighted by Crippen LogP contribution is 2.39. The van der Waals surface area contributed by atoms with Crippen molar-refractivity contribution < 1.29 is 24.3 Å². The molecule has 16 nitrogen and oxygen atoms in total. The van der Waals surface area contributed by atoms with Crippen molar-refractivity contribution >= 4 is 58.3 Å². The molecule has 2 aromatic carbocycles. The van der Waals surface area contributed by atoms with Crippen molar-refractivity contribution in [1.29, 1.82) is 0 Å². The predicted molar refractivity (Wildman–Crippen MR) is 227 cm³/mol. The summed E-state index contributed by atoms with van der Waals surface area (Å²) >= 11 is 0. The Morgan fingerprint density at radius 2 is 1.78 bits per heavy atom. The highest BCUT2D eigenvalue weighted by atomic mass is 16.3. The summed E-state index contributed by atoms with van der Waals surface area (Å²) in [5.74, 6) is -0.130. The molecule has 4 amide bonds. The minimum absolute atomic E-state index is 0.149. The lowest BCUT2D eigenvalue weighted by atomic mass is 9.98. The second-order valence-electron chi connectivity index (χ2n) is 16.1. The zero-order valence-electron chi connectivity index (χ0n) is 33.6. The Balaban J connectivity index is 0.803. The Morgan fingerprint density at radius 1 is 0.983 bits per heavy atom. The number of nitrogens with one attached hydrogen (secondary N) is 4. The highest BCUT2D eigenvalue weighted by molar-refractivity contribution is 6.06. The molecule has 6 heterocycles. The molecule has 0 spiro atoms. The first-order chi connectivity index (χ1) is 29.1. The van der Waals surface area contributed by atoms with Crippen LogP contribution in [0, 0.1) is 0 Å². The molecule has 0 saturated carbocycles. The molecule has 4 aliphatic heterocycles. The van der Waals surface area contributed by atoms with E-state index in [1.807, 2.05) is 43.3 Å². The van der Waals surface area contributed by atoms with Gasteiger partial charge in [-0.05, 0) is 73.7 Å². The van der Waals surface area contributed by atoms with Gasteiger partial charge >= 0.3 is 0 Å². The van der Waals surface area contributed by atoms with Crippen LogP contribution in [0.2, 0.25) is 0 Å². The molecular formula is C44H49N11O5. The molecule has 2 atom stereocenters. The maximum Gasteiger partial charge on any atom is 0.256 e. The Kier molecular flexibility index (Phi) is 10.4. The van der Waals surface area contributed by atoms with Crippen LogP contribution in [0.4, 0.5) is 34.6 Å². The topological polar surface area (TPSA) is 188 Å². The van der Waals surface area contributed by atoms with Crippen molar-refractivity contribution in [3.63, 3.8) is 0 Å². The lowest BCUT2D eigenvalue weighted by Crippen LogP contribution is -2.63. The van der Waals surface area contributed by atoms with Gasteiger partial charge in [0.2, 0.25) is 17.8 Å². The van der Waals surface area contributed by atoms with Crippen molar-refractivity contribution in [2.45, 2.75) is 63.3 Å². The Labute approximate surface area is 348 Å². The Bertz CT molecular complexity index is 2360. The fourth-order valence-corrected chi connectivity index (χ4v) is 9.03. The van der Waals surface area contributed by atoms with Crippen LogP contribution in [0.15, 0.2) is 73.4 Å². The van der Waals surface area contributed by atoms with Crippen LogP contribution in [0.5, 0.6) is 0 Å². The van der Waals surface area contributed by atoms with Gasteiger partial charge in [-0.1, -0.05) is 25.1 Å². The number of nitrogens with zero attached hydrogens (tertiary/aromatic N) is 7. The summed E-state index contributed by atoms with van der Waals surface area (Å²) in [6.45, 7) is 11.6. The van der Waals surface area contributed by atoms with Crippen molar-refractivity contribution in [3.8, 4) is 0 Å². The van der Waals surface area contributed by atoms with Crippen LogP contribution in [0.1, 0.15) is 70.1 Å². The molecule has 2 aromatic heterocycles. The number of carbonyl (C=O) groups excluding carboxylic acids is 4. The van der Waals surface area contributed by atoms with Gasteiger partial charge < -0.3 is 35.8 Å². The predicted octanol–water partition coefficient (Wildman–Crippen LogP) is 3.59. The molecule has 3 fully saturated rings. The summed E-state index contributed by atoms with van der Waals surface area (Å²) in [5.41, 5.74) is 5.50. The SMILES string of the molecule is C=CCNC(=O)c1cnc(Nc2ccc(N3CC(N4CCN(c5cccc6c5CN(C5CCC(=O)NC5=O)C6=O)CC4)C3)cc2)nc1Nc1ccc2c(n1)[C@@](O)(CC)CC2. The number of aliphatic hydroxyl groups is 1. The van der Waals surface area contributed by atoms with Crippen molar-refractivity contribution in [1.82, 2.24) is 35.4 Å². The number of benzene rings is 2. The summed E-state index contributed by atoms with van der Waals surface area (Å²) in [4.78, 5) is 73.5. The normalized spacial score (nSPS) is 21.6. The Hall–Kier alpha value is -6.39. The maximum atomic E-state index is 13.4. The average Bonchev–Trinajstić information content (AvgIpc) is 3.76. The molecule has 310 valence electrons. The third-order valence-electron chi connectivity index (χ3n) is 12.6. The van der Waals surface area contributed by atoms with Gasteiger partial charge in [0, 0.05) is 99.2 Å². The number of amides is 4. The van der Waals surface area contributed by atoms with Gasteiger partial charge in [0.1, 0.15) is 28.8 Å². The average molecular weight is 812 g/mol. The fourth-order valence-electron chi connectivity index (χ4n) is 9.03. The number of rotatable bonds is 12. The number of piperidine rings is 1. The molecule has 5 aliphatic rings. The summed E-state index contributed by atoms with van der Waals surface area (Å²) in [6.07, 6.45) is 5.61. The molecule has 0 bridgehead atoms. The standard InChI is InChI=1S/C44H49N11O5/c1-3-18-45-40(57)32-23-46-43(51-39(32)49-36-14-8-27-16-17-44(60,4-2)38(27)48-36)47-28-9-11-29(12-10-28)54-24-30(25-54)52-19-21-53(22-20-52)34-7-5-6-31-33(34)26-55(42(31)59)35-13-15-37(56)50-41(35)58/h3,5-12,14,23,30,35,60H,1,4,13,15-22,24-26H2,2H3,(H,45,57)(H,50,56,58)(H2,46,47,48,49,51)/t35?,44-/m1/s1. The van der Waals surface area contributed by atoms with Crippen LogP contribution in [-0.4, -0.2) is 111 Å². The lowest BCUT2D eigenvalue weighted by molar-refractivity contribution is -0.136. The van der Waals surface area contributed by atoms with Gasteiger partial charge in [-0.15, -0.1) is 6.58 Å². The third kappa shape index (κ3) is 7.41. The number of anilines is 6. The minimum atomic E-state index is -0.976. The van der Waals surface area contributed by atoms with E-state index in [4.69, 9.17) is 4.98 Å². The highest BCUT2D eigenvalue weighted by Gasteiger charge is 2.41. The number of imide groups is 1. The van der Waals surface area contributed by atoms with E-state index in [1.54, 1.807) is 11.0 Å². The Morgan fingerprint density at radius 3 is 2.53 bits per heavy atom. The molecule has 60 heavy (non-hydrogen) atoms. The second-order valence-corrected chi connectivity index (χ2v) is 16.1. The van der Waals surface area contributed by atoms with E-state index < -0.39 is 17.6 Å². The minimum Gasteiger partial charge on any atom is -0.384 e. The van der Waals surface area contributed by atoms with E-state index in [2.05, 4.69) is 70.7 Å². The van der Waals surface area contributed by atoms with Gasteiger partial charge in [0.25, 0.3) is 11.8 Å². The quantitative estimate of drug-likeness (QED) is 0.103. The van der Waals surface area contributed by atoms with Crippen LogP contribution in [0.3, 0.4) is 0 Å². The molecule has 1 aliphatic carbocycles. The number of pyridine rings is 1. The molecule has 5 N–H and O–H groups in total. The summed E-state index contributed by atoms with van der Waals surface area (Å²) in [5, 5.41) is 22.8. The maximum absolute atomic E-state index is 13.4.